The zero-order chi connectivity index (χ0) is 26.8. The number of aromatic nitrogens is 1. The third kappa shape index (κ3) is 7.44. The molecule has 4 N–H and O–H groups in total. The molecule has 0 saturated heterocycles. The second kappa shape index (κ2) is 14.0. The zero-order valence-corrected chi connectivity index (χ0v) is 21.9. The number of halogens is 2. The van der Waals surface area contributed by atoms with Crippen molar-refractivity contribution in [3.8, 4) is 5.75 Å². The van der Waals surface area contributed by atoms with Crippen LogP contribution in [0, 0.1) is 0 Å². The van der Waals surface area contributed by atoms with Gasteiger partial charge in [-0.15, -0.1) is 0 Å². The number of aliphatic hydroxyl groups excluding tert-OH is 1. The molecule has 0 bridgehead atoms. The van der Waals surface area contributed by atoms with Gasteiger partial charge in [-0.1, -0.05) is 54.6 Å². The molecule has 7 nitrogen and oxygen atoms in total. The molecule has 3 aromatic rings. The van der Waals surface area contributed by atoms with Crippen molar-refractivity contribution in [1.29, 1.82) is 0 Å². The van der Waals surface area contributed by atoms with Gasteiger partial charge in [-0.25, -0.2) is 0 Å². The molecule has 1 aromatic heterocycles. The molecule has 1 aliphatic heterocycles. The lowest BCUT2D eigenvalue weighted by Gasteiger charge is -2.43. The molecule has 5 rings (SSSR count). The number of hydrogen-bond acceptors (Lipinski definition) is 5. The van der Waals surface area contributed by atoms with Crippen molar-refractivity contribution >= 4 is 35.5 Å². The van der Waals surface area contributed by atoms with Gasteiger partial charge in [-0.3, -0.25) is 14.6 Å². The predicted octanol–water partition coefficient (Wildman–Crippen LogP) is 5.45. The summed E-state index contributed by atoms with van der Waals surface area (Å²) in [6.07, 6.45) is 8.14. The summed E-state index contributed by atoms with van der Waals surface area (Å²) in [6.45, 7) is 0.0286. The smallest absolute Gasteiger partial charge is 0.254 e. The van der Waals surface area contributed by atoms with Crippen LogP contribution in [0.15, 0.2) is 60.8 Å². The number of benzene rings is 2. The number of amides is 2. The molecule has 1 aliphatic carbocycles. The third-order valence-electron chi connectivity index (χ3n) is 6.48. The molecule has 1 unspecified atom stereocenters. The number of primary amides is 1. The summed E-state index contributed by atoms with van der Waals surface area (Å²) in [4.78, 5) is 27.8. The summed E-state index contributed by atoms with van der Waals surface area (Å²) in [5.74, 6) is 0.220. The highest BCUT2D eigenvalue weighted by Crippen LogP contribution is 2.41. The van der Waals surface area contributed by atoms with Gasteiger partial charge in [-0.2, -0.15) is 0 Å². The van der Waals surface area contributed by atoms with Gasteiger partial charge in [0.05, 0.1) is 18.3 Å². The maximum absolute atomic E-state index is 13.4. The van der Waals surface area contributed by atoms with Gasteiger partial charge in [0.25, 0.3) is 5.91 Å². The Morgan fingerprint density at radius 3 is 2.38 bits per heavy atom. The van der Waals surface area contributed by atoms with Gasteiger partial charge >= 0.3 is 0 Å². The molecule has 2 aliphatic rings. The Hall–Kier alpha value is -3.13. The number of fused-ring (bicyclic) bond motifs is 1. The third-order valence-corrected chi connectivity index (χ3v) is 7.04. The molecule has 1 atom stereocenters. The average molecular weight is 544 g/mol. The van der Waals surface area contributed by atoms with Crippen molar-refractivity contribution in [3.63, 3.8) is 0 Å². The number of phenolic OH excluding ortho intramolecular Hbond substituents is 1. The van der Waals surface area contributed by atoms with E-state index in [0.717, 1.165) is 36.8 Å². The van der Waals surface area contributed by atoms with Crippen LogP contribution in [-0.4, -0.2) is 38.5 Å². The van der Waals surface area contributed by atoms with E-state index < -0.39 is 0 Å². The number of rotatable bonds is 3. The van der Waals surface area contributed by atoms with Gasteiger partial charge in [0, 0.05) is 27.8 Å². The maximum atomic E-state index is 13.4. The van der Waals surface area contributed by atoms with Crippen LogP contribution in [0.1, 0.15) is 65.3 Å². The summed E-state index contributed by atoms with van der Waals surface area (Å²) >= 11 is 12.6. The quantitative estimate of drug-likeness (QED) is 0.380. The van der Waals surface area contributed by atoms with Crippen LogP contribution in [0.5, 0.6) is 5.75 Å². The standard InChI is InChI=1S/C21H21Cl2NO2.C6H7NO.CH3NO/c22-14-6-8-18(19(23)12-14)20-11-13-10-16(25)7-9-17(13)21(26)24(20)15-4-2-1-3-5-15;8-5-6-3-1-2-4-7-6;2-1-3/h6-10,12,15,20,25H,1-5,11H2;1-4,8H,5H2;1H,(H2,2,3). The number of aromatic hydroxyl groups is 1. The highest BCUT2D eigenvalue weighted by atomic mass is 35.5. The van der Waals surface area contributed by atoms with Gasteiger partial charge in [0.1, 0.15) is 5.75 Å². The average Bonchev–Trinajstić information content (AvgIpc) is 2.90. The van der Waals surface area contributed by atoms with E-state index in [1.165, 1.54) is 6.42 Å². The van der Waals surface area contributed by atoms with E-state index in [4.69, 9.17) is 33.1 Å². The van der Waals surface area contributed by atoms with E-state index in [1.54, 1.807) is 36.5 Å². The van der Waals surface area contributed by atoms with Crippen molar-refractivity contribution in [3.05, 3.63) is 93.2 Å². The molecule has 0 radical (unpaired) electrons. The second-order valence-electron chi connectivity index (χ2n) is 8.85. The first kappa shape index (κ1) is 28.4. The molecule has 1 saturated carbocycles. The number of pyridine rings is 1. The molecular weight excluding hydrogens is 513 g/mol. The predicted molar refractivity (Wildman–Crippen MR) is 144 cm³/mol. The van der Waals surface area contributed by atoms with Gasteiger partial charge in [0.15, 0.2) is 0 Å². The monoisotopic (exact) mass is 543 g/mol. The Balaban J connectivity index is 0.000000290. The number of phenols is 1. The van der Waals surface area contributed by atoms with Crippen molar-refractivity contribution in [2.45, 2.75) is 57.2 Å². The Bertz CT molecular complexity index is 1190. The van der Waals surface area contributed by atoms with E-state index in [1.807, 2.05) is 29.2 Å². The van der Waals surface area contributed by atoms with E-state index in [9.17, 15) is 9.90 Å². The fourth-order valence-corrected chi connectivity index (χ4v) is 5.38. The number of aliphatic hydroxyl groups is 1. The molecule has 0 spiro atoms. The molecule has 2 aromatic carbocycles. The summed E-state index contributed by atoms with van der Waals surface area (Å²) in [5, 5.41) is 19.5. The fraction of sp³-hybridized carbons (Fsp3) is 0.321. The molecule has 2 amide bonds. The van der Waals surface area contributed by atoms with Gasteiger partial charge in [-0.05, 0) is 72.9 Å². The largest absolute Gasteiger partial charge is 0.508 e. The molecule has 1 fully saturated rings. The molecule has 37 heavy (non-hydrogen) atoms. The van der Waals surface area contributed by atoms with Crippen LogP contribution >= 0.6 is 23.2 Å². The summed E-state index contributed by atoms with van der Waals surface area (Å²) in [7, 11) is 0. The second-order valence-corrected chi connectivity index (χ2v) is 9.69. The molecular formula is C28H31Cl2N3O4. The fourth-order valence-electron chi connectivity index (χ4n) is 4.85. The summed E-state index contributed by atoms with van der Waals surface area (Å²) in [6, 6.07) is 16.0. The van der Waals surface area contributed by atoms with Crippen LogP contribution in [0.25, 0.3) is 0 Å². The number of carbonyl (C=O) groups is 2. The Labute approximate surface area is 226 Å². The number of carbonyl (C=O) groups excluding carboxylic acids is 2. The lowest BCUT2D eigenvalue weighted by atomic mass is 9.85. The lowest BCUT2D eigenvalue weighted by molar-refractivity contribution is -0.106. The Morgan fingerprint density at radius 2 is 1.78 bits per heavy atom. The van der Waals surface area contributed by atoms with Crippen LogP contribution in [0.2, 0.25) is 10.0 Å². The van der Waals surface area contributed by atoms with E-state index in [-0.39, 0.29) is 36.8 Å². The molecule has 196 valence electrons. The summed E-state index contributed by atoms with van der Waals surface area (Å²) < 4.78 is 0. The summed E-state index contributed by atoms with van der Waals surface area (Å²) in [5.41, 5.74) is 7.37. The minimum absolute atomic E-state index is 0.0286. The SMILES string of the molecule is NC=O.O=C1c2ccc(O)cc2CC(c2ccc(Cl)cc2Cl)N1C1CCCCC1.OCc1ccccn1. The van der Waals surface area contributed by atoms with Crippen LogP contribution < -0.4 is 5.73 Å². The van der Waals surface area contributed by atoms with Crippen molar-refractivity contribution < 1.29 is 19.8 Å². The van der Waals surface area contributed by atoms with Crippen molar-refractivity contribution in [2.75, 3.05) is 0 Å². The minimum Gasteiger partial charge on any atom is -0.508 e. The normalized spacial score (nSPS) is 17.0. The first-order valence-corrected chi connectivity index (χ1v) is 12.9. The van der Waals surface area contributed by atoms with Crippen LogP contribution in [0.3, 0.4) is 0 Å². The maximum Gasteiger partial charge on any atom is 0.254 e. The first-order valence-electron chi connectivity index (χ1n) is 12.1. The van der Waals surface area contributed by atoms with E-state index in [0.29, 0.717) is 27.7 Å². The van der Waals surface area contributed by atoms with Crippen molar-refractivity contribution in [2.24, 2.45) is 5.73 Å². The minimum atomic E-state index is -0.135. The Morgan fingerprint density at radius 1 is 1.05 bits per heavy atom. The molecule has 9 heteroatoms. The highest BCUT2D eigenvalue weighted by Gasteiger charge is 2.38. The topological polar surface area (TPSA) is 117 Å². The van der Waals surface area contributed by atoms with Gasteiger partial charge in [0.2, 0.25) is 6.41 Å². The first-order chi connectivity index (χ1) is 17.9. The zero-order valence-electron chi connectivity index (χ0n) is 20.4. The highest BCUT2D eigenvalue weighted by molar-refractivity contribution is 6.35. The Kier molecular flexibility index (Phi) is 10.7. The number of nitrogens with zero attached hydrogens (tertiary/aromatic N) is 2. The van der Waals surface area contributed by atoms with Crippen molar-refractivity contribution in [1.82, 2.24) is 9.88 Å². The van der Waals surface area contributed by atoms with Crippen LogP contribution in [0.4, 0.5) is 0 Å². The number of nitrogens with two attached hydrogens (primary N) is 1. The van der Waals surface area contributed by atoms with E-state index >= 15 is 0 Å². The van der Waals surface area contributed by atoms with Crippen LogP contribution in [-0.2, 0) is 17.8 Å². The number of hydrogen-bond donors (Lipinski definition) is 3. The lowest BCUT2D eigenvalue weighted by Crippen LogP contribution is -2.47. The van der Waals surface area contributed by atoms with Gasteiger partial charge < -0.3 is 20.8 Å². The molecule has 2 heterocycles. The van der Waals surface area contributed by atoms with E-state index in [2.05, 4.69) is 10.7 Å².